The lowest BCUT2D eigenvalue weighted by atomic mass is 9.99. The standard InChI is InChI=1S/C27H24N2O2/c1-4-9-21-10-6-7-11-24(21)22-16-14-20(15-17-22)18-29-26-23(19(3)30)12-8-13-25(26)28-27(29)31-5-2/h6-8,10-17H,5,18H2,1-3H3. The zero-order valence-electron chi connectivity index (χ0n) is 18.0. The van der Waals surface area contributed by atoms with Gasteiger partial charge in [-0.05, 0) is 55.7 Å². The van der Waals surface area contributed by atoms with Crippen LogP contribution >= 0.6 is 0 Å². The van der Waals surface area contributed by atoms with Crippen LogP contribution in [0.2, 0.25) is 0 Å². The lowest BCUT2D eigenvalue weighted by Crippen LogP contribution is -2.07. The fraction of sp³-hybridized carbons (Fsp3) is 0.185. The van der Waals surface area contributed by atoms with Gasteiger partial charge in [-0.3, -0.25) is 9.36 Å². The molecule has 0 aliphatic carbocycles. The molecule has 4 nitrogen and oxygen atoms in total. The Balaban J connectivity index is 1.74. The second kappa shape index (κ2) is 8.89. The Labute approximate surface area is 182 Å². The summed E-state index contributed by atoms with van der Waals surface area (Å²) in [4.78, 5) is 16.8. The number of para-hydroxylation sites is 1. The summed E-state index contributed by atoms with van der Waals surface area (Å²) in [5.74, 6) is 6.17. The SMILES string of the molecule is CC#Cc1ccccc1-c1ccc(Cn2c(OCC)nc3cccc(C(C)=O)c32)cc1. The highest BCUT2D eigenvalue weighted by Crippen LogP contribution is 2.28. The molecule has 1 heterocycles. The van der Waals surface area contributed by atoms with Crippen LogP contribution in [-0.2, 0) is 6.54 Å². The van der Waals surface area contributed by atoms with Crippen LogP contribution in [0.15, 0.2) is 66.7 Å². The molecule has 0 fully saturated rings. The molecule has 0 atom stereocenters. The normalized spacial score (nSPS) is 10.5. The van der Waals surface area contributed by atoms with Crippen LogP contribution in [0.3, 0.4) is 0 Å². The van der Waals surface area contributed by atoms with Crippen LogP contribution in [0.1, 0.15) is 42.3 Å². The molecular formula is C27H24N2O2. The highest BCUT2D eigenvalue weighted by molar-refractivity contribution is 6.05. The Morgan fingerprint density at radius 2 is 1.81 bits per heavy atom. The van der Waals surface area contributed by atoms with E-state index in [0.29, 0.717) is 24.7 Å². The van der Waals surface area contributed by atoms with Gasteiger partial charge in [-0.15, -0.1) is 5.92 Å². The van der Waals surface area contributed by atoms with Crippen LogP contribution in [-0.4, -0.2) is 21.9 Å². The number of carbonyl (C=O) groups excluding carboxylic acids is 1. The van der Waals surface area contributed by atoms with Gasteiger partial charge in [0.25, 0.3) is 6.01 Å². The molecule has 154 valence electrons. The summed E-state index contributed by atoms with van der Waals surface area (Å²) < 4.78 is 7.78. The molecule has 4 heteroatoms. The Morgan fingerprint density at radius 3 is 2.52 bits per heavy atom. The molecule has 4 rings (SSSR count). The Kier molecular flexibility index (Phi) is 5.86. The Bertz CT molecular complexity index is 1300. The molecule has 0 aliphatic heterocycles. The van der Waals surface area contributed by atoms with Gasteiger partial charge < -0.3 is 4.74 Å². The monoisotopic (exact) mass is 408 g/mol. The average molecular weight is 409 g/mol. The van der Waals surface area contributed by atoms with Gasteiger partial charge in [0.05, 0.1) is 24.2 Å². The van der Waals surface area contributed by atoms with Gasteiger partial charge in [0, 0.05) is 11.1 Å². The van der Waals surface area contributed by atoms with E-state index in [9.17, 15) is 4.79 Å². The number of benzene rings is 3. The van der Waals surface area contributed by atoms with E-state index < -0.39 is 0 Å². The number of fused-ring (bicyclic) bond motifs is 1. The third kappa shape index (κ3) is 4.08. The minimum atomic E-state index is 0.0128. The second-order valence-electron chi connectivity index (χ2n) is 7.26. The predicted octanol–water partition coefficient (Wildman–Crippen LogP) is 5.72. The third-order valence-electron chi connectivity index (χ3n) is 5.18. The number of carbonyl (C=O) groups is 1. The average Bonchev–Trinajstić information content (AvgIpc) is 3.12. The van der Waals surface area contributed by atoms with E-state index in [1.165, 1.54) is 0 Å². The molecule has 1 aromatic heterocycles. The fourth-order valence-corrected chi connectivity index (χ4v) is 3.79. The first kappa shape index (κ1) is 20.4. The van der Waals surface area contributed by atoms with Crippen LogP contribution in [0.4, 0.5) is 0 Å². The molecule has 0 bridgehead atoms. The molecule has 3 aromatic carbocycles. The van der Waals surface area contributed by atoms with Crippen LogP contribution < -0.4 is 4.74 Å². The van der Waals surface area contributed by atoms with E-state index >= 15 is 0 Å². The second-order valence-corrected chi connectivity index (χ2v) is 7.26. The number of ether oxygens (including phenoxy) is 1. The summed E-state index contributed by atoms with van der Waals surface area (Å²) in [6.07, 6.45) is 0. The van der Waals surface area contributed by atoms with Crippen molar-refractivity contribution in [2.75, 3.05) is 6.61 Å². The first-order valence-corrected chi connectivity index (χ1v) is 10.4. The molecule has 0 unspecified atom stereocenters. The predicted molar refractivity (Wildman–Crippen MR) is 124 cm³/mol. The van der Waals surface area contributed by atoms with Crippen molar-refractivity contribution in [2.45, 2.75) is 27.3 Å². The minimum absolute atomic E-state index is 0.0128. The number of imidazole rings is 1. The van der Waals surface area contributed by atoms with Gasteiger partial charge >= 0.3 is 0 Å². The molecule has 0 spiro atoms. The number of hydrogen-bond donors (Lipinski definition) is 0. The molecule has 0 aliphatic rings. The fourth-order valence-electron chi connectivity index (χ4n) is 3.79. The third-order valence-corrected chi connectivity index (χ3v) is 5.18. The van der Waals surface area contributed by atoms with Gasteiger partial charge in [0.15, 0.2) is 5.78 Å². The van der Waals surface area contributed by atoms with Crippen molar-refractivity contribution in [3.05, 3.63) is 83.4 Å². The number of ketones is 1. The quantitative estimate of drug-likeness (QED) is 0.303. The molecule has 31 heavy (non-hydrogen) atoms. The van der Waals surface area contributed by atoms with E-state index in [2.05, 4.69) is 47.2 Å². The van der Waals surface area contributed by atoms with Crippen molar-refractivity contribution < 1.29 is 9.53 Å². The number of nitrogens with zero attached hydrogens (tertiary/aromatic N) is 2. The van der Waals surface area contributed by atoms with Crippen molar-refractivity contribution in [2.24, 2.45) is 0 Å². The van der Waals surface area contributed by atoms with Gasteiger partial charge in [-0.2, -0.15) is 4.98 Å². The lowest BCUT2D eigenvalue weighted by Gasteiger charge is -2.12. The minimum Gasteiger partial charge on any atom is -0.465 e. The maximum atomic E-state index is 12.2. The smallest absolute Gasteiger partial charge is 0.297 e. The van der Waals surface area contributed by atoms with Gasteiger partial charge in [-0.25, -0.2) is 0 Å². The zero-order valence-corrected chi connectivity index (χ0v) is 18.0. The van der Waals surface area contributed by atoms with E-state index in [0.717, 1.165) is 33.3 Å². The van der Waals surface area contributed by atoms with Crippen LogP contribution in [0.25, 0.3) is 22.2 Å². The summed E-state index contributed by atoms with van der Waals surface area (Å²) in [5, 5.41) is 0. The number of aromatic nitrogens is 2. The van der Waals surface area contributed by atoms with Crippen LogP contribution in [0, 0.1) is 11.8 Å². The highest BCUT2D eigenvalue weighted by Gasteiger charge is 2.17. The Hall–Kier alpha value is -3.84. The number of Topliss-reactive ketones (excluding diaryl/α,β-unsaturated/α-hetero) is 1. The van der Waals surface area contributed by atoms with E-state index in [4.69, 9.17) is 4.74 Å². The van der Waals surface area contributed by atoms with Crippen molar-refractivity contribution in [1.82, 2.24) is 9.55 Å². The van der Waals surface area contributed by atoms with Crippen molar-refractivity contribution in [3.8, 4) is 29.0 Å². The van der Waals surface area contributed by atoms with Crippen LogP contribution in [0.5, 0.6) is 6.01 Å². The zero-order chi connectivity index (χ0) is 21.8. The maximum absolute atomic E-state index is 12.2. The molecule has 4 aromatic rings. The van der Waals surface area contributed by atoms with E-state index in [1.54, 1.807) is 6.92 Å². The molecule has 0 N–H and O–H groups in total. The van der Waals surface area contributed by atoms with Crippen molar-refractivity contribution in [1.29, 1.82) is 0 Å². The van der Waals surface area contributed by atoms with E-state index in [1.807, 2.05) is 54.8 Å². The molecule has 0 saturated carbocycles. The highest BCUT2D eigenvalue weighted by atomic mass is 16.5. The van der Waals surface area contributed by atoms with Gasteiger partial charge in [0.2, 0.25) is 0 Å². The summed E-state index contributed by atoms with van der Waals surface area (Å²) in [6.45, 7) is 6.43. The summed E-state index contributed by atoms with van der Waals surface area (Å²) in [7, 11) is 0. The van der Waals surface area contributed by atoms with Gasteiger partial charge in [0.1, 0.15) is 0 Å². The number of hydrogen-bond acceptors (Lipinski definition) is 3. The molecular weight excluding hydrogens is 384 g/mol. The first-order chi connectivity index (χ1) is 15.1. The first-order valence-electron chi connectivity index (χ1n) is 10.4. The van der Waals surface area contributed by atoms with Crippen molar-refractivity contribution in [3.63, 3.8) is 0 Å². The summed E-state index contributed by atoms with van der Waals surface area (Å²) in [5.41, 5.74) is 6.58. The topological polar surface area (TPSA) is 44.1 Å². The van der Waals surface area contributed by atoms with E-state index in [-0.39, 0.29) is 5.78 Å². The molecule has 0 amide bonds. The molecule has 0 radical (unpaired) electrons. The Morgan fingerprint density at radius 1 is 1.03 bits per heavy atom. The number of rotatable bonds is 6. The summed E-state index contributed by atoms with van der Waals surface area (Å²) in [6, 6.07) is 22.7. The van der Waals surface area contributed by atoms with Crippen molar-refractivity contribution >= 4 is 16.8 Å². The molecule has 0 saturated heterocycles. The van der Waals surface area contributed by atoms with Gasteiger partial charge in [-0.1, -0.05) is 54.5 Å². The lowest BCUT2D eigenvalue weighted by molar-refractivity contribution is 0.101. The maximum Gasteiger partial charge on any atom is 0.297 e. The summed E-state index contributed by atoms with van der Waals surface area (Å²) >= 11 is 0. The largest absolute Gasteiger partial charge is 0.465 e.